The quantitative estimate of drug-likeness (QED) is 0.552. The van der Waals surface area contributed by atoms with Gasteiger partial charge in [-0.05, 0) is 42.3 Å². The van der Waals surface area contributed by atoms with Crippen molar-refractivity contribution in [3.63, 3.8) is 0 Å². The molecule has 0 radical (unpaired) electrons. The number of aromatic nitrogens is 3. The van der Waals surface area contributed by atoms with Crippen molar-refractivity contribution >= 4 is 23.4 Å². The molecule has 3 amide bonds. The highest BCUT2D eigenvalue weighted by molar-refractivity contribution is 6.34. The third-order valence-electron chi connectivity index (χ3n) is 5.33. The van der Waals surface area contributed by atoms with Crippen molar-refractivity contribution in [2.75, 3.05) is 18.5 Å². The molecule has 0 aliphatic carbocycles. The van der Waals surface area contributed by atoms with Crippen molar-refractivity contribution < 1.29 is 14.4 Å². The lowest BCUT2D eigenvalue weighted by Crippen LogP contribution is -2.29. The van der Waals surface area contributed by atoms with Crippen molar-refractivity contribution in [1.82, 2.24) is 19.7 Å². The van der Waals surface area contributed by atoms with Gasteiger partial charge < -0.3 is 4.90 Å². The number of imide groups is 1. The Bertz CT molecular complexity index is 1120. The average Bonchev–Trinajstić information content (AvgIpc) is 3.38. The van der Waals surface area contributed by atoms with Crippen LogP contribution in [0.5, 0.6) is 0 Å². The number of hydrogen-bond acceptors (Lipinski definition) is 5. The van der Waals surface area contributed by atoms with Crippen molar-refractivity contribution in [2.24, 2.45) is 0 Å². The van der Waals surface area contributed by atoms with Crippen molar-refractivity contribution in [3.05, 3.63) is 77.4 Å². The maximum absolute atomic E-state index is 13.0. The molecular weight excluding hydrogens is 394 g/mol. The van der Waals surface area contributed by atoms with Crippen LogP contribution in [0, 0.1) is 0 Å². The molecule has 2 aromatic carbocycles. The number of benzene rings is 2. The Hall–Kier alpha value is -3.81. The predicted octanol–water partition coefficient (Wildman–Crippen LogP) is 3.00. The first-order valence-corrected chi connectivity index (χ1v) is 10.2. The van der Waals surface area contributed by atoms with E-state index in [0.717, 1.165) is 23.3 Å². The lowest BCUT2D eigenvalue weighted by Gasteiger charge is -2.17. The van der Waals surface area contributed by atoms with Crippen LogP contribution >= 0.6 is 0 Å². The molecule has 0 unspecified atom stereocenters. The first-order chi connectivity index (χ1) is 15.0. The zero-order chi connectivity index (χ0) is 22.0. The highest BCUT2D eigenvalue weighted by Crippen LogP contribution is 2.29. The second-order valence-electron chi connectivity index (χ2n) is 7.55. The Morgan fingerprint density at radius 2 is 1.77 bits per heavy atom. The minimum Gasteiger partial charge on any atom is -0.342 e. The number of rotatable bonds is 7. The normalized spacial score (nSPS) is 12.9. The summed E-state index contributed by atoms with van der Waals surface area (Å²) in [7, 11) is 1.74. The zero-order valence-electron chi connectivity index (χ0n) is 17.5. The Kier molecular flexibility index (Phi) is 5.62. The highest BCUT2D eigenvalue weighted by atomic mass is 16.2. The van der Waals surface area contributed by atoms with Crippen LogP contribution in [0.2, 0.25) is 0 Å². The molecule has 2 heterocycles. The van der Waals surface area contributed by atoms with Gasteiger partial charge >= 0.3 is 0 Å². The first-order valence-electron chi connectivity index (χ1n) is 10.2. The summed E-state index contributed by atoms with van der Waals surface area (Å²) in [6.45, 7) is 3.25. The van der Waals surface area contributed by atoms with E-state index in [-0.39, 0.29) is 17.4 Å². The monoisotopic (exact) mass is 417 g/mol. The van der Waals surface area contributed by atoms with E-state index in [9.17, 15) is 14.4 Å². The van der Waals surface area contributed by atoms with E-state index in [1.54, 1.807) is 47.2 Å². The Morgan fingerprint density at radius 3 is 2.45 bits per heavy atom. The molecule has 0 saturated heterocycles. The van der Waals surface area contributed by atoms with E-state index in [1.807, 2.05) is 12.1 Å². The van der Waals surface area contributed by atoms with Gasteiger partial charge in [0.1, 0.15) is 12.7 Å². The minimum absolute atomic E-state index is 0.160. The molecule has 8 heteroatoms. The molecule has 0 N–H and O–H groups in total. The smallest absolute Gasteiger partial charge is 0.266 e. The number of nitrogens with zero attached hydrogens (tertiary/aromatic N) is 5. The van der Waals surface area contributed by atoms with Gasteiger partial charge in [0.25, 0.3) is 17.7 Å². The van der Waals surface area contributed by atoms with Crippen molar-refractivity contribution in [3.8, 4) is 0 Å². The molecule has 0 saturated carbocycles. The molecule has 0 spiro atoms. The molecule has 158 valence electrons. The van der Waals surface area contributed by atoms with Crippen molar-refractivity contribution in [1.29, 1.82) is 0 Å². The second kappa shape index (κ2) is 8.51. The van der Waals surface area contributed by atoms with Gasteiger partial charge in [0.2, 0.25) is 0 Å². The number of unbranched alkanes of at least 4 members (excludes halogenated alkanes) is 1. The van der Waals surface area contributed by atoms with Crippen LogP contribution in [0.1, 0.15) is 56.4 Å². The van der Waals surface area contributed by atoms with Crippen LogP contribution in [0.15, 0.2) is 55.1 Å². The molecule has 4 rings (SSSR count). The standard InChI is InChI=1S/C23H23N5O3/c1-3-4-11-26(2)21(29)17-7-10-19-20(12-17)23(31)28(22(19)30)18-8-5-16(6-9-18)13-27-15-24-14-25-27/h5-10,12,14-15H,3-4,11,13H2,1-2H3. The van der Waals surface area contributed by atoms with Crippen LogP contribution in [-0.2, 0) is 6.54 Å². The Balaban J connectivity index is 1.55. The molecule has 0 bridgehead atoms. The largest absolute Gasteiger partial charge is 0.342 e. The summed E-state index contributed by atoms with van der Waals surface area (Å²) in [5.74, 6) is -0.968. The molecule has 1 aromatic heterocycles. The molecular formula is C23H23N5O3. The summed E-state index contributed by atoms with van der Waals surface area (Å²) in [4.78, 5) is 45.3. The maximum Gasteiger partial charge on any atom is 0.266 e. The molecule has 1 aliphatic heterocycles. The summed E-state index contributed by atoms with van der Waals surface area (Å²) in [6.07, 6.45) is 4.98. The summed E-state index contributed by atoms with van der Waals surface area (Å²) in [5.41, 5.74) is 2.43. The first kappa shape index (κ1) is 20.5. The minimum atomic E-state index is -0.421. The molecule has 0 atom stereocenters. The molecule has 3 aromatic rings. The molecule has 1 aliphatic rings. The van der Waals surface area contributed by atoms with Gasteiger partial charge in [-0.25, -0.2) is 14.6 Å². The fraction of sp³-hybridized carbons (Fsp3) is 0.261. The number of anilines is 1. The van der Waals surface area contributed by atoms with Crippen LogP contribution in [-0.4, -0.2) is 51.0 Å². The average molecular weight is 417 g/mol. The van der Waals surface area contributed by atoms with Gasteiger partial charge in [-0.2, -0.15) is 5.10 Å². The molecule has 31 heavy (non-hydrogen) atoms. The summed E-state index contributed by atoms with van der Waals surface area (Å²) < 4.78 is 1.69. The van der Waals surface area contributed by atoms with Gasteiger partial charge in [0, 0.05) is 19.2 Å². The van der Waals surface area contributed by atoms with Gasteiger partial charge in [-0.3, -0.25) is 14.4 Å². The van der Waals surface area contributed by atoms with E-state index in [0.29, 0.717) is 29.9 Å². The van der Waals surface area contributed by atoms with Crippen molar-refractivity contribution in [2.45, 2.75) is 26.3 Å². The summed E-state index contributed by atoms with van der Waals surface area (Å²) in [6, 6.07) is 11.9. The van der Waals surface area contributed by atoms with Crippen LogP contribution in [0.25, 0.3) is 0 Å². The SMILES string of the molecule is CCCCN(C)C(=O)c1ccc2c(c1)C(=O)N(c1ccc(Cn3cncn3)cc1)C2=O. The second-order valence-corrected chi connectivity index (χ2v) is 7.55. The number of fused-ring (bicyclic) bond motifs is 1. The highest BCUT2D eigenvalue weighted by Gasteiger charge is 2.37. The maximum atomic E-state index is 13.0. The van der Waals surface area contributed by atoms with Gasteiger partial charge in [0.05, 0.1) is 23.4 Å². The number of carbonyl (C=O) groups excluding carboxylic acids is 3. The topological polar surface area (TPSA) is 88.4 Å². The third-order valence-corrected chi connectivity index (χ3v) is 5.33. The lowest BCUT2D eigenvalue weighted by molar-refractivity contribution is 0.0792. The summed E-state index contributed by atoms with van der Waals surface area (Å²) in [5, 5.41) is 4.07. The van der Waals surface area contributed by atoms with Crippen LogP contribution in [0.4, 0.5) is 5.69 Å². The van der Waals surface area contributed by atoms with Crippen LogP contribution < -0.4 is 4.90 Å². The van der Waals surface area contributed by atoms with Gasteiger partial charge in [-0.1, -0.05) is 25.5 Å². The zero-order valence-corrected chi connectivity index (χ0v) is 17.5. The van der Waals surface area contributed by atoms with E-state index in [1.165, 1.54) is 12.4 Å². The van der Waals surface area contributed by atoms with E-state index in [2.05, 4.69) is 17.0 Å². The van der Waals surface area contributed by atoms with Gasteiger partial charge in [-0.15, -0.1) is 0 Å². The number of amides is 3. The van der Waals surface area contributed by atoms with E-state index < -0.39 is 5.91 Å². The molecule has 0 fully saturated rings. The summed E-state index contributed by atoms with van der Waals surface area (Å²) >= 11 is 0. The molecule has 8 nitrogen and oxygen atoms in total. The van der Waals surface area contributed by atoms with E-state index >= 15 is 0 Å². The third kappa shape index (κ3) is 3.96. The fourth-order valence-corrected chi connectivity index (χ4v) is 3.58. The Labute approximate surface area is 180 Å². The fourth-order valence-electron chi connectivity index (χ4n) is 3.58. The number of carbonyl (C=O) groups is 3. The Morgan fingerprint density at radius 1 is 1.03 bits per heavy atom. The van der Waals surface area contributed by atoms with Crippen LogP contribution in [0.3, 0.4) is 0 Å². The lowest BCUT2D eigenvalue weighted by atomic mass is 10.0. The predicted molar refractivity (Wildman–Crippen MR) is 115 cm³/mol. The van der Waals surface area contributed by atoms with E-state index in [4.69, 9.17) is 0 Å². The number of hydrogen-bond donors (Lipinski definition) is 0. The van der Waals surface area contributed by atoms with Gasteiger partial charge in [0.15, 0.2) is 0 Å².